The van der Waals surface area contributed by atoms with E-state index in [0.29, 0.717) is 6.04 Å². The molecule has 1 aliphatic heterocycles. The molecule has 1 unspecified atom stereocenters. The van der Waals surface area contributed by atoms with E-state index in [-0.39, 0.29) is 0 Å². The molecule has 1 saturated carbocycles. The zero-order chi connectivity index (χ0) is 23.1. The molecule has 30 heavy (non-hydrogen) atoms. The van der Waals surface area contributed by atoms with Crippen molar-refractivity contribution >= 4 is 0 Å². The third-order valence-electron chi connectivity index (χ3n) is 5.25. The third-order valence-corrected chi connectivity index (χ3v) is 5.25. The number of hydrogen-bond donors (Lipinski definition) is 1. The number of allylic oxidation sites excluding steroid dienone is 2. The van der Waals surface area contributed by atoms with Gasteiger partial charge in [0.05, 0.1) is 0 Å². The predicted octanol–water partition coefficient (Wildman–Crippen LogP) is 8.69. The molecule has 1 N–H and O–H groups in total. The third kappa shape index (κ3) is 11.4. The summed E-state index contributed by atoms with van der Waals surface area (Å²) in [4.78, 5) is 0. The van der Waals surface area contributed by atoms with Gasteiger partial charge in [0.1, 0.15) is 0 Å². The van der Waals surface area contributed by atoms with Crippen molar-refractivity contribution in [1.29, 1.82) is 0 Å². The van der Waals surface area contributed by atoms with Crippen LogP contribution in [0.4, 0.5) is 0 Å². The maximum atomic E-state index is 4.17. The summed E-state index contributed by atoms with van der Waals surface area (Å²) in [5.74, 6) is 0.903. The lowest BCUT2D eigenvalue weighted by Gasteiger charge is -2.27. The first-order valence-corrected chi connectivity index (χ1v) is 11.8. The van der Waals surface area contributed by atoms with E-state index in [4.69, 9.17) is 0 Å². The van der Waals surface area contributed by atoms with Crippen molar-refractivity contribution in [2.75, 3.05) is 6.54 Å². The minimum atomic E-state index is 0.507. The van der Waals surface area contributed by atoms with Gasteiger partial charge in [0.25, 0.3) is 0 Å². The summed E-state index contributed by atoms with van der Waals surface area (Å²) in [7, 11) is 0. The Balaban J connectivity index is 0.000000438. The van der Waals surface area contributed by atoms with Gasteiger partial charge in [-0.15, -0.1) is 0 Å². The molecule has 2 aliphatic rings. The first-order chi connectivity index (χ1) is 14.3. The number of rotatable bonds is 5. The topological polar surface area (TPSA) is 12.0 Å². The Morgan fingerprint density at radius 2 is 1.63 bits per heavy atom. The summed E-state index contributed by atoms with van der Waals surface area (Å²) in [5.41, 5.74) is 8.26. The van der Waals surface area contributed by atoms with Crippen molar-refractivity contribution in [2.24, 2.45) is 0 Å². The van der Waals surface area contributed by atoms with E-state index in [1.54, 1.807) is 6.08 Å². The molecule has 1 fully saturated rings. The molecular weight excluding hydrogens is 362 g/mol. The maximum Gasteiger partial charge on any atom is 0.0293 e. The standard InChI is InChI=1S/C12H21N.C10H12.C5H8.C2H6/c1-5-6-9(2)12-10(3)7-8-13-11(12)4;1-8-2-4-9(5-3-8)10-6-7-10;1-4-5(2)3;1-2/h11,13H,2,5-8H2,1,3-4H3;2-5,10H,6-7H2,1H3;4H,1-2H2,3H3;1-2H3. The highest BCUT2D eigenvalue weighted by molar-refractivity contribution is 5.38. The number of nitrogens with one attached hydrogen (secondary N) is 1. The largest absolute Gasteiger partial charge is 0.310 e. The van der Waals surface area contributed by atoms with Crippen LogP contribution in [-0.2, 0) is 0 Å². The van der Waals surface area contributed by atoms with E-state index in [0.717, 1.165) is 24.5 Å². The number of hydrogen-bond acceptors (Lipinski definition) is 1. The van der Waals surface area contributed by atoms with Crippen LogP contribution in [0.15, 0.2) is 72.4 Å². The second-order valence-electron chi connectivity index (χ2n) is 8.21. The molecule has 0 amide bonds. The smallest absolute Gasteiger partial charge is 0.0293 e. The fourth-order valence-electron chi connectivity index (χ4n) is 3.38. The van der Waals surface area contributed by atoms with Crippen molar-refractivity contribution in [2.45, 2.75) is 92.5 Å². The minimum Gasteiger partial charge on any atom is -0.310 e. The summed E-state index contributed by atoms with van der Waals surface area (Å²) in [6.45, 7) is 27.0. The van der Waals surface area contributed by atoms with E-state index >= 15 is 0 Å². The van der Waals surface area contributed by atoms with Crippen LogP contribution in [0.25, 0.3) is 0 Å². The number of benzene rings is 1. The second kappa shape index (κ2) is 15.9. The van der Waals surface area contributed by atoms with Gasteiger partial charge in [-0.3, -0.25) is 0 Å². The highest BCUT2D eigenvalue weighted by Crippen LogP contribution is 2.39. The van der Waals surface area contributed by atoms with Crippen LogP contribution in [0.2, 0.25) is 0 Å². The van der Waals surface area contributed by atoms with Gasteiger partial charge < -0.3 is 5.32 Å². The molecule has 3 rings (SSSR count). The van der Waals surface area contributed by atoms with E-state index in [1.807, 2.05) is 20.8 Å². The zero-order valence-corrected chi connectivity index (χ0v) is 20.9. The Kier molecular flexibility index (Phi) is 14.9. The lowest BCUT2D eigenvalue weighted by Crippen LogP contribution is -2.34. The van der Waals surface area contributed by atoms with Crippen molar-refractivity contribution in [3.05, 3.63) is 83.5 Å². The van der Waals surface area contributed by atoms with Crippen LogP contribution in [0.5, 0.6) is 0 Å². The molecule has 1 aromatic rings. The first kappa shape index (κ1) is 28.1. The van der Waals surface area contributed by atoms with Crippen molar-refractivity contribution in [3.8, 4) is 0 Å². The molecule has 1 aliphatic carbocycles. The van der Waals surface area contributed by atoms with E-state index in [9.17, 15) is 0 Å². The van der Waals surface area contributed by atoms with Crippen molar-refractivity contribution in [3.63, 3.8) is 0 Å². The summed E-state index contributed by atoms with van der Waals surface area (Å²) in [5, 5.41) is 3.48. The van der Waals surface area contributed by atoms with Gasteiger partial charge in [-0.1, -0.05) is 99.6 Å². The summed E-state index contributed by atoms with van der Waals surface area (Å²) in [6, 6.07) is 9.43. The van der Waals surface area contributed by atoms with Crippen LogP contribution >= 0.6 is 0 Å². The average Bonchev–Trinajstić information content (AvgIpc) is 3.56. The molecule has 0 saturated heterocycles. The van der Waals surface area contributed by atoms with Gasteiger partial charge in [-0.2, -0.15) is 0 Å². The molecule has 1 heteroatoms. The lowest BCUT2D eigenvalue weighted by molar-refractivity contribution is 0.568. The average molecular weight is 410 g/mol. The quantitative estimate of drug-likeness (QED) is 0.479. The molecule has 0 radical (unpaired) electrons. The monoisotopic (exact) mass is 409 g/mol. The van der Waals surface area contributed by atoms with Crippen molar-refractivity contribution in [1.82, 2.24) is 5.32 Å². The molecule has 1 atom stereocenters. The van der Waals surface area contributed by atoms with Crippen LogP contribution in [0, 0.1) is 6.92 Å². The van der Waals surface area contributed by atoms with Crippen LogP contribution in [0.1, 0.15) is 90.7 Å². The minimum absolute atomic E-state index is 0.507. The van der Waals surface area contributed by atoms with Gasteiger partial charge in [-0.25, -0.2) is 0 Å². The predicted molar refractivity (Wildman–Crippen MR) is 138 cm³/mol. The van der Waals surface area contributed by atoms with Crippen LogP contribution < -0.4 is 5.32 Å². The molecule has 1 aromatic carbocycles. The zero-order valence-electron chi connectivity index (χ0n) is 20.9. The molecule has 168 valence electrons. The van der Waals surface area contributed by atoms with E-state index in [1.165, 1.54) is 53.5 Å². The first-order valence-electron chi connectivity index (χ1n) is 11.8. The Bertz CT molecular complexity index is 671. The molecule has 1 nitrogen and oxygen atoms in total. The van der Waals surface area contributed by atoms with Crippen molar-refractivity contribution < 1.29 is 0 Å². The normalized spacial score (nSPS) is 17.2. The van der Waals surface area contributed by atoms with Crippen LogP contribution in [0.3, 0.4) is 0 Å². The van der Waals surface area contributed by atoms with Gasteiger partial charge in [0.15, 0.2) is 0 Å². The SMILES string of the molecule is C=C(CCC)C1=C(C)CCNC1C.C=CC(=C)C.CC.Cc1ccc(C2CC2)cc1. The van der Waals surface area contributed by atoms with Gasteiger partial charge in [-0.05, 0) is 77.0 Å². The van der Waals surface area contributed by atoms with Gasteiger partial charge in [0, 0.05) is 6.04 Å². The molecule has 0 spiro atoms. The second-order valence-corrected chi connectivity index (χ2v) is 8.21. The molecule has 0 bridgehead atoms. The molecule has 1 heterocycles. The molecule has 0 aromatic heterocycles. The maximum absolute atomic E-state index is 4.17. The fraction of sp³-hybridized carbons (Fsp3) is 0.517. The highest BCUT2D eigenvalue weighted by atomic mass is 14.9. The number of aryl methyl sites for hydroxylation is 1. The Labute approximate surface area is 188 Å². The lowest BCUT2D eigenvalue weighted by atomic mass is 9.89. The Hall–Kier alpha value is -1.86. The Morgan fingerprint density at radius 1 is 1.10 bits per heavy atom. The van der Waals surface area contributed by atoms with Gasteiger partial charge >= 0.3 is 0 Å². The van der Waals surface area contributed by atoms with E-state index < -0.39 is 0 Å². The highest BCUT2D eigenvalue weighted by Gasteiger charge is 2.22. The van der Waals surface area contributed by atoms with E-state index in [2.05, 4.69) is 77.0 Å². The summed E-state index contributed by atoms with van der Waals surface area (Å²) in [6.07, 6.45) is 8.05. The van der Waals surface area contributed by atoms with Gasteiger partial charge in [0.2, 0.25) is 0 Å². The summed E-state index contributed by atoms with van der Waals surface area (Å²) >= 11 is 0. The Morgan fingerprint density at radius 3 is 2.03 bits per heavy atom. The fourth-order valence-corrected chi connectivity index (χ4v) is 3.38. The molecular formula is C29H47N. The summed E-state index contributed by atoms with van der Waals surface area (Å²) < 4.78 is 0. The van der Waals surface area contributed by atoms with Crippen LogP contribution in [-0.4, -0.2) is 12.6 Å².